The van der Waals surface area contributed by atoms with Crippen molar-refractivity contribution in [2.45, 2.75) is 58.2 Å². The van der Waals surface area contributed by atoms with Gasteiger partial charge in [-0.05, 0) is 45.4 Å². The number of fused-ring (bicyclic) bond motifs is 2. The molecular weight excluding hydrogens is 518 g/mol. The number of aromatic nitrogens is 5. The van der Waals surface area contributed by atoms with Crippen molar-refractivity contribution in [2.75, 3.05) is 19.6 Å². The number of H-pyrrole nitrogens is 1. The standard InChI is InChI=1S/C26H29F4N7O2/c1-25(2,3)34-23(38)17-12-31-22-21(17)33-18(13-32-22)20-16-11-15(39-24(27)28)5-6-19(16)37(35-20)9-4-8-36-10-7-26(29,30)14-36/h5-6,11-13,24H,4,7-10,14H2,1-3H3,(H,31,32)(H,34,38). The molecule has 2 N–H and O–H groups in total. The average Bonchev–Trinajstić information content (AvgIpc) is 3.52. The largest absolute Gasteiger partial charge is 0.435 e. The Bertz CT molecular complexity index is 1510. The minimum atomic E-state index is -3.00. The second-order valence-electron chi connectivity index (χ2n) is 10.7. The van der Waals surface area contributed by atoms with Crippen LogP contribution in [0.5, 0.6) is 5.75 Å². The van der Waals surface area contributed by atoms with Gasteiger partial charge < -0.3 is 15.0 Å². The normalized spacial score (nSPS) is 16.0. The van der Waals surface area contributed by atoms with Gasteiger partial charge in [0.2, 0.25) is 0 Å². The molecule has 1 aliphatic rings. The number of alkyl halides is 4. The highest BCUT2D eigenvalue weighted by Crippen LogP contribution is 2.32. The van der Waals surface area contributed by atoms with Crippen LogP contribution in [0.2, 0.25) is 0 Å². The Morgan fingerprint density at radius 3 is 2.74 bits per heavy atom. The number of likely N-dealkylation sites (tertiary alicyclic amines) is 1. The van der Waals surface area contributed by atoms with Gasteiger partial charge in [0.1, 0.15) is 22.7 Å². The number of aryl methyl sites for hydroxylation is 1. The monoisotopic (exact) mass is 547 g/mol. The summed E-state index contributed by atoms with van der Waals surface area (Å²) in [5.74, 6) is -3.03. The fraction of sp³-hybridized carbons (Fsp3) is 0.462. The highest BCUT2D eigenvalue weighted by atomic mass is 19.3. The quantitative estimate of drug-likeness (QED) is 0.307. The van der Waals surface area contributed by atoms with Crippen LogP contribution in [0, 0.1) is 0 Å². The minimum absolute atomic E-state index is 0.0430. The number of aromatic amines is 1. The summed E-state index contributed by atoms with van der Waals surface area (Å²) < 4.78 is 59.3. The van der Waals surface area contributed by atoms with Gasteiger partial charge in [-0.1, -0.05) is 0 Å². The molecule has 1 saturated heterocycles. The van der Waals surface area contributed by atoms with E-state index in [2.05, 4.69) is 25.0 Å². The first-order valence-corrected chi connectivity index (χ1v) is 12.6. The Balaban J connectivity index is 1.49. The third kappa shape index (κ3) is 5.97. The lowest BCUT2D eigenvalue weighted by Gasteiger charge is -2.19. The molecule has 208 valence electrons. The Morgan fingerprint density at radius 1 is 1.26 bits per heavy atom. The van der Waals surface area contributed by atoms with Crippen molar-refractivity contribution in [1.82, 2.24) is 34.9 Å². The molecule has 0 radical (unpaired) electrons. The van der Waals surface area contributed by atoms with E-state index in [0.717, 1.165) is 0 Å². The minimum Gasteiger partial charge on any atom is -0.435 e. The van der Waals surface area contributed by atoms with E-state index < -0.39 is 18.1 Å². The lowest BCUT2D eigenvalue weighted by atomic mass is 10.1. The predicted octanol–water partition coefficient (Wildman–Crippen LogP) is 4.84. The number of amides is 1. The van der Waals surface area contributed by atoms with E-state index in [1.54, 1.807) is 15.6 Å². The zero-order valence-corrected chi connectivity index (χ0v) is 21.8. The molecular formula is C26H29F4N7O2. The van der Waals surface area contributed by atoms with Crippen LogP contribution in [0.3, 0.4) is 0 Å². The second kappa shape index (κ2) is 10.1. The maximum Gasteiger partial charge on any atom is 0.387 e. The van der Waals surface area contributed by atoms with Gasteiger partial charge in [0.25, 0.3) is 11.8 Å². The number of hydrogen-bond acceptors (Lipinski definition) is 6. The van der Waals surface area contributed by atoms with Crippen molar-refractivity contribution in [2.24, 2.45) is 0 Å². The van der Waals surface area contributed by atoms with E-state index in [4.69, 9.17) is 5.10 Å². The fourth-order valence-electron chi connectivity index (χ4n) is 4.72. The molecule has 3 aromatic heterocycles. The molecule has 0 atom stereocenters. The molecule has 0 bridgehead atoms. The van der Waals surface area contributed by atoms with E-state index in [1.165, 1.54) is 24.5 Å². The van der Waals surface area contributed by atoms with Crippen molar-refractivity contribution in [3.05, 3.63) is 36.2 Å². The van der Waals surface area contributed by atoms with Crippen molar-refractivity contribution in [3.63, 3.8) is 0 Å². The fourth-order valence-corrected chi connectivity index (χ4v) is 4.72. The van der Waals surface area contributed by atoms with Crippen LogP contribution in [0.4, 0.5) is 17.6 Å². The van der Waals surface area contributed by atoms with Gasteiger partial charge in [0.15, 0.2) is 5.65 Å². The molecule has 4 aromatic rings. The average molecular weight is 548 g/mol. The van der Waals surface area contributed by atoms with Crippen molar-refractivity contribution >= 4 is 28.0 Å². The Labute approximate surface area is 221 Å². The van der Waals surface area contributed by atoms with Gasteiger partial charge in [0.05, 0.1) is 23.8 Å². The summed E-state index contributed by atoms with van der Waals surface area (Å²) in [5, 5.41) is 8.10. The van der Waals surface area contributed by atoms with Crippen LogP contribution in [-0.4, -0.2) is 73.2 Å². The molecule has 13 heteroatoms. The lowest BCUT2D eigenvalue weighted by molar-refractivity contribution is -0.0497. The number of hydrogen-bond donors (Lipinski definition) is 2. The summed E-state index contributed by atoms with van der Waals surface area (Å²) >= 11 is 0. The molecule has 39 heavy (non-hydrogen) atoms. The van der Waals surface area contributed by atoms with Crippen LogP contribution in [0.25, 0.3) is 33.5 Å². The van der Waals surface area contributed by atoms with E-state index in [0.29, 0.717) is 65.1 Å². The van der Waals surface area contributed by atoms with E-state index in [1.807, 2.05) is 20.8 Å². The van der Waals surface area contributed by atoms with Crippen molar-refractivity contribution in [3.8, 4) is 17.1 Å². The summed E-state index contributed by atoms with van der Waals surface area (Å²) in [6, 6.07) is 4.50. The van der Waals surface area contributed by atoms with E-state index in [9.17, 15) is 22.4 Å². The van der Waals surface area contributed by atoms with Crippen LogP contribution < -0.4 is 10.1 Å². The number of halogens is 4. The van der Waals surface area contributed by atoms with Crippen LogP contribution in [0.1, 0.15) is 44.0 Å². The number of benzene rings is 1. The third-order valence-corrected chi connectivity index (χ3v) is 6.40. The lowest BCUT2D eigenvalue weighted by Crippen LogP contribution is -2.40. The van der Waals surface area contributed by atoms with Crippen molar-refractivity contribution in [1.29, 1.82) is 0 Å². The summed E-state index contributed by atoms with van der Waals surface area (Å²) in [6.07, 6.45) is 3.43. The molecule has 5 rings (SSSR count). The molecule has 1 amide bonds. The Kier molecular flexibility index (Phi) is 6.95. The number of rotatable bonds is 8. The first-order valence-electron chi connectivity index (χ1n) is 12.6. The molecule has 0 spiro atoms. The summed E-state index contributed by atoms with van der Waals surface area (Å²) in [5.41, 5.74) is 1.94. The number of ether oxygens (including phenoxy) is 1. The third-order valence-electron chi connectivity index (χ3n) is 6.40. The van der Waals surface area contributed by atoms with Crippen LogP contribution >= 0.6 is 0 Å². The van der Waals surface area contributed by atoms with Gasteiger partial charge in [-0.25, -0.2) is 18.7 Å². The predicted molar refractivity (Wildman–Crippen MR) is 137 cm³/mol. The molecule has 4 heterocycles. The Hall–Kier alpha value is -3.74. The van der Waals surface area contributed by atoms with Gasteiger partial charge in [-0.3, -0.25) is 14.4 Å². The maximum atomic E-state index is 13.6. The second-order valence-corrected chi connectivity index (χ2v) is 10.7. The zero-order chi connectivity index (χ0) is 27.9. The van der Waals surface area contributed by atoms with Gasteiger partial charge in [-0.15, -0.1) is 0 Å². The summed E-state index contributed by atoms with van der Waals surface area (Å²) in [7, 11) is 0. The first-order chi connectivity index (χ1) is 18.4. The number of nitrogens with one attached hydrogen (secondary N) is 2. The highest BCUT2D eigenvalue weighted by Gasteiger charge is 2.37. The molecule has 0 saturated carbocycles. The Morgan fingerprint density at radius 2 is 2.05 bits per heavy atom. The van der Waals surface area contributed by atoms with Gasteiger partial charge in [0, 0.05) is 43.2 Å². The molecule has 1 fully saturated rings. The molecule has 1 aromatic carbocycles. The van der Waals surface area contributed by atoms with Crippen molar-refractivity contribution < 1.29 is 27.1 Å². The van der Waals surface area contributed by atoms with E-state index >= 15 is 0 Å². The smallest absolute Gasteiger partial charge is 0.387 e. The first kappa shape index (κ1) is 26.9. The molecule has 0 aliphatic carbocycles. The maximum absolute atomic E-state index is 13.6. The van der Waals surface area contributed by atoms with E-state index in [-0.39, 0.29) is 24.6 Å². The zero-order valence-electron chi connectivity index (χ0n) is 21.8. The van der Waals surface area contributed by atoms with Gasteiger partial charge in [-0.2, -0.15) is 13.9 Å². The summed E-state index contributed by atoms with van der Waals surface area (Å²) in [4.78, 5) is 26.6. The molecule has 9 nitrogen and oxygen atoms in total. The SMILES string of the molecule is CC(C)(C)NC(=O)c1c[nH]c2ncc(-c3nn(CCCN4CCC(F)(F)C4)c4ccc(OC(F)F)cc34)nc12. The number of nitrogens with zero attached hydrogens (tertiary/aromatic N) is 5. The number of carbonyl (C=O) groups excluding carboxylic acids is 1. The van der Waals surface area contributed by atoms with Crippen LogP contribution in [0.15, 0.2) is 30.6 Å². The molecule has 0 unspecified atom stereocenters. The van der Waals surface area contributed by atoms with Crippen LogP contribution in [-0.2, 0) is 6.54 Å². The summed E-state index contributed by atoms with van der Waals surface area (Å²) in [6.45, 7) is 3.55. The topological polar surface area (TPSA) is 101 Å². The highest BCUT2D eigenvalue weighted by molar-refractivity contribution is 6.05. The van der Waals surface area contributed by atoms with Gasteiger partial charge >= 0.3 is 6.61 Å². The number of carbonyl (C=O) groups is 1. The molecule has 1 aliphatic heterocycles.